The van der Waals surface area contributed by atoms with Crippen LogP contribution in [0.3, 0.4) is 0 Å². The summed E-state index contributed by atoms with van der Waals surface area (Å²) in [7, 11) is 0. The third-order valence-corrected chi connectivity index (χ3v) is 5.99. The van der Waals surface area contributed by atoms with Gasteiger partial charge in [0.25, 0.3) is 0 Å². The second-order valence-corrected chi connectivity index (χ2v) is 8.02. The van der Waals surface area contributed by atoms with Crippen LogP contribution in [0.1, 0.15) is 16.0 Å². The van der Waals surface area contributed by atoms with Gasteiger partial charge in [0.15, 0.2) is 11.5 Å². The summed E-state index contributed by atoms with van der Waals surface area (Å²) >= 11 is 1.74. The maximum Gasteiger partial charge on any atom is 0.181 e. The second kappa shape index (κ2) is 6.77. The molecule has 4 nitrogen and oxygen atoms in total. The highest BCUT2D eigenvalue weighted by atomic mass is 32.1. The molecule has 0 aliphatic rings. The Morgan fingerprint density at radius 2 is 1.82 bits per heavy atom. The lowest BCUT2D eigenvalue weighted by Gasteiger charge is -2.13. The molecule has 138 valence electrons. The van der Waals surface area contributed by atoms with Crippen LogP contribution in [0, 0.1) is 13.8 Å². The number of aryl methyl sites for hydroxylation is 2. The molecule has 0 unspecified atom stereocenters. The maximum atomic E-state index is 4.92. The quantitative estimate of drug-likeness (QED) is 0.423. The van der Waals surface area contributed by atoms with Crippen molar-refractivity contribution in [2.24, 2.45) is 0 Å². The number of imidazole rings is 1. The van der Waals surface area contributed by atoms with E-state index in [1.54, 1.807) is 11.3 Å². The first-order valence-corrected chi connectivity index (χ1v) is 10.2. The first kappa shape index (κ1) is 17.0. The molecule has 0 aliphatic carbocycles. The Balaban J connectivity index is 1.75. The summed E-state index contributed by atoms with van der Waals surface area (Å²) in [6.07, 6.45) is 1.94. The summed E-state index contributed by atoms with van der Waals surface area (Å²) in [4.78, 5) is 10.9. The fourth-order valence-corrected chi connectivity index (χ4v) is 4.15. The standard InChI is InChI=1S/C23H20N4S/c1-15-11-19-20(12-16(15)2)27-21(17-7-4-3-5-8-17)14-25-23(27)22(26-19)24-13-18-9-6-10-28-18/h3-12,14H,13H2,1-2H3,(H,24,26). The van der Waals surface area contributed by atoms with Crippen LogP contribution in [0.15, 0.2) is 66.2 Å². The Hall–Kier alpha value is -3.18. The predicted molar refractivity (Wildman–Crippen MR) is 117 cm³/mol. The van der Waals surface area contributed by atoms with Crippen LogP contribution in [0.5, 0.6) is 0 Å². The highest BCUT2D eigenvalue weighted by Crippen LogP contribution is 2.30. The zero-order chi connectivity index (χ0) is 19.1. The van der Waals surface area contributed by atoms with E-state index in [1.165, 1.54) is 16.0 Å². The average molecular weight is 385 g/mol. The van der Waals surface area contributed by atoms with Crippen molar-refractivity contribution in [1.29, 1.82) is 0 Å². The monoisotopic (exact) mass is 384 g/mol. The van der Waals surface area contributed by atoms with Gasteiger partial charge in [0.1, 0.15) is 0 Å². The number of aromatic nitrogens is 3. The Morgan fingerprint density at radius 3 is 2.61 bits per heavy atom. The summed E-state index contributed by atoms with van der Waals surface area (Å²) in [5.74, 6) is 0.811. The van der Waals surface area contributed by atoms with Crippen molar-refractivity contribution in [2.75, 3.05) is 5.32 Å². The molecule has 5 heteroatoms. The number of anilines is 1. The van der Waals surface area contributed by atoms with Crippen molar-refractivity contribution in [2.45, 2.75) is 20.4 Å². The molecule has 3 aromatic heterocycles. The minimum Gasteiger partial charge on any atom is -0.362 e. The van der Waals surface area contributed by atoms with Crippen molar-refractivity contribution in [3.63, 3.8) is 0 Å². The van der Waals surface area contributed by atoms with Gasteiger partial charge in [-0.2, -0.15) is 0 Å². The Morgan fingerprint density at radius 1 is 1.00 bits per heavy atom. The summed E-state index contributed by atoms with van der Waals surface area (Å²) in [6, 6.07) is 19.0. The van der Waals surface area contributed by atoms with Crippen LogP contribution < -0.4 is 5.32 Å². The van der Waals surface area contributed by atoms with Crippen LogP contribution in [0.2, 0.25) is 0 Å². The lowest BCUT2D eigenvalue weighted by molar-refractivity contribution is 1.12. The number of nitrogens with one attached hydrogen (secondary N) is 1. The molecule has 1 N–H and O–H groups in total. The van der Waals surface area contributed by atoms with Gasteiger partial charge in [-0.25, -0.2) is 9.97 Å². The largest absolute Gasteiger partial charge is 0.362 e. The van der Waals surface area contributed by atoms with E-state index in [9.17, 15) is 0 Å². The molecular formula is C23H20N4S. The summed E-state index contributed by atoms with van der Waals surface area (Å²) in [6.45, 7) is 5.01. The highest BCUT2D eigenvalue weighted by Gasteiger charge is 2.15. The maximum absolute atomic E-state index is 4.92. The van der Waals surface area contributed by atoms with E-state index in [4.69, 9.17) is 9.97 Å². The number of nitrogens with zero attached hydrogens (tertiary/aromatic N) is 3. The molecule has 2 aromatic carbocycles. The smallest absolute Gasteiger partial charge is 0.181 e. The Kier molecular flexibility index (Phi) is 4.10. The van der Waals surface area contributed by atoms with E-state index in [2.05, 4.69) is 77.5 Å². The van der Waals surface area contributed by atoms with Crippen LogP contribution in [-0.2, 0) is 6.54 Å². The average Bonchev–Trinajstić information content (AvgIpc) is 3.38. The van der Waals surface area contributed by atoms with Gasteiger partial charge in [-0.05, 0) is 48.6 Å². The molecule has 0 atom stereocenters. The van der Waals surface area contributed by atoms with Crippen molar-refractivity contribution < 1.29 is 0 Å². The van der Waals surface area contributed by atoms with E-state index in [1.807, 2.05) is 12.3 Å². The Labute approximate surface area is 167 Å². The van der Waals surface area contributed by atoms with Gasteiger partial charge in [0, 0.05) is 10.4 Å². The minimum absolute atomic E-state index is 0.740. The number of benzene rings is 2. The molecule has 0 amide bonds. The molecular weight excluding hydrogens is 364 g/mol. The molecule has 0 spiro atoms. The number of hydrogen-bond acceptors (Lipinski definition) is 4. The summed E-state index contributed by atoms with van der Waals surface area (Å²) in [5.41, 5.74) is 7.62. The molecule has 0 aliphatic heterocycles. The SMILES string of the molecule is Cc1cc2nc(NCc3cccs3)c3ncc(-c4ccccc4)n3c2cc1C. The van der Waals surface area contributed by atoms with Gasteiger partial charge >= 0.3 is 0 Å². The highest BCUT2D eigenvalue weighted by molar-refractivity contribution is 7.09. The van der Waals surface area contributed by atoms with E-state index in [-0.39, 0.29) is 0 Å². The second-order valence-electron chi connectivity index (χ2n) is 6.99. The van der Waals surface area contributed by atoms with Crippen LogP contribution >= 0.6 is 11.3 Å². The number of thiophene rings is 1. The van der Waals surface area contributed by atoms with E-state index >= 15 is 0 Å². The number of hydrogen-bond donors (Lipinski definition) is 1. The van der Waals surface area contributed by atoms with Gasteiger partial charge in [-0.1, -0.05) is 36.4 Å². The summed E-state index contributed by atoms with van der Waals surface area (Å²) < 4.78 is 2.22. The third kappa shape index (κ3) is 2.84. The van der Waals surface area contributed by atoms with Crippen LogP contribution in [0.4, 0.5) is 5.82 Å². The van der Waals surface area contributed by atoms with Crippen molar-refractivity contribution in [3.8, 4) is 11.3 Å². The molecule has 5 aromatic rings. The normalized spacial score (nSPS) is 11.4. The fraction of sp³-hybridized carbons (Fsp3) is 0.130. The molecule has 3 heterocycles. The topological polar surface area (TPSA) is 42.2 Å². The molecule has 0 radical (unpaired) electrons. The van der Waals surface area contributed by atoms with Crippen molar-refractivity contribution in [1.82, 2.24) is 14.4 Å². The first-order chi connectivity index (χ1) is 13.7. The van der Waals surface area contributed by atoms with Crippen LogP contribution in [-0.4, -0.2) is 14.4 Å². The van der Waals surface area contributed by atoms with Gasteiger partial charge < -0.3 is 5.32 Å². The predicted octanol–water partition coefficient (Wildman–Crippen LogP) is 5.84. The van der Waals surface area contributed by atoms with Gasteiger partial charge in [-0.15, -0.1) is 11.3 Å². The van der Waals surface area contributed by atoms with E-state index in [0.717, 1.165) is 40.3 Å². The zero-order valence-corrected chi connectivity index (χ0v) is 16.6. The molecule has 0 fully saturated rings. The third-order valence-electron chi connectivity index (χ3n) is 5.12. The number of fused-ring (bicyclic) bond motifs is 3. The Bertz CT molecular complexity index is 1270. The van der Waals surface area contributed by atoms with Crippen molar-refractivity contribution >= 4 is 33.8 Å². The van der Waals surface area contributed by atoms with Gasteiger partial charge in [0.05, 0.1) is 29.5 Å². The van der Waals surface area contributed by atoms with Crippen LogP contribution in [0.25, 0.3) is 27.9 Å². The molecule has 5 rings (SSSR count). The molecule has 0 bridgehead atoms. The van der Waals surface area contributed by atoms with Gasteiger partial charge in [-0.3, -0.25) is 4.40 Å². The number of rotatable bonds is 4. The lowest BCUT2D eigenvalue weighted by atomic mass is 10.1. The lowest BCUT2D eigenvalue weighted by Crippen LogP contribution is -2.05. The molecule has 0 saturated carbocycles. The summed E-state index contributed by atoms with van der Waals surface area (Å²) in [5, 5.41) is 5.59. The molecule has 0 saturated heterocycles. The van der Waals surface area contributed by atoms with E-state index < -0.39 is 0 Å². The molecule has 28 heavy (non-hydrogen) atoms. The fourth-order valence-electron chi connectivity index (χ4n) is 3.50. The minimum atomic E-state index is 0.740. The van der Waals surface area contributed by atoms with Crippen molar-refractivity contribution in [3.05, 3.63) is 82.2 Å². The van der Waals surface area contributed by atoms with Gasteiger partial charge in [0.2, 0.25) is 0 Å². The zero-order valence-electron chi connectivity index (χ0n) is 15.8. The first-order valence-electron chi connectivity index (χ1n) is 9.31. The van der Waals surface area contributed by atoms with E-state index in [0.29, 0.717) is 0 Å².